The van der Waals surface area contributed by atoms with Crippen LogP contribution in [0.4, 0.5) is 11.4 Å². The first kappa shape index (κ1) is 19.0. The smallest absolute Gasteiger partial charge is 0.287 e. The Morgan fingerprint density at radius 1 is 1.04 bits per heavy atom. The zero-order chi connectivity index (χ0) is 19.2. The summed E-state index contributed by atoms with van der Waals surface area (Å²) in [6, 6.07) is 10.5. The van der Waals surface area contributed by atoms with Gasteiger partial charge in [-0.05, 0) is 61.6 Å². The van der Waals surface area contributed by atoms with E-state index in [1.54, 1.807) is 12.1 Å². The minimum atomic E-state index is -0.649. The van der Waals surface area contributed by atoms with Crippen molar-refractivity contribution in [1.82, 2.24) is 5.32 Å². The number of amides is 2. The number of hydrogen-bond donors (Lipinski definition) is 2. The molecule has 1 aromatic carbocycles. The number of benzene rings is 1. The van der Waals surface area contributed by atoms with Gasteiger partial charge in [-0.15, -0.1) is 0 Å². The molecule has 144 valence electrons. The number of nitrogens with zero attached hydrogens (tertiary/aromatic N) is 1. The Labute approximate surface area is 159 Å². The van der Waals surface area contributed by atoms with E-state index >= 15 is 0 Å². The first-order chi connectivity index (χ1) is 13.0. The maximum absolute atomic E-state index is 12.7. The zero-order valence-corrected chi connectivity index (χ0v) is 15.9. The molecule has 2 aromatic rings. The minimum absolute atomic E-state index is 0.0588. The third kappa shape index (κ3) is 4.90. The highest BCUT2D eigenvalue weighted by molar-refractivity contribution is 6.00. The van der Waals surface area contributed by atoms with Crippen LogP contribution in [0, 0.1) is 5.92 Å². The summed E-state index contributed by atoms with van der Waals surface area (Å²) in [6.07, 6.45) is 5.18. The van der Waals surface area contributed by atoms with E-state index < -0.39 is 11.9 Å². The van der Waals surface area contributed by atoms with Crippen LogP contribution in [0.2, 0.25) is 0 Å². The summed E-state index contributed by atoms with van der Waals surface area (Å²) < 4.78 is 5.10. The summed E-state index contributed by atoms with van der Waals surface area (Å²) in [5.74, 6) is -0.499. The van der Waals surface area contributed by atoms with Crippen LogP contribution in [0.5, 0.6) is 0 Å². The van der Waals surface area contributed by atoms with Crippen molar-refractivity contribution in [2.24, 2.45) is 5.92 Å². The van der Waals surface area contributed by atoms with Crippen LogP contribution in [0.1, 0.15) is 43.7 Å². The van der Waals surface area contributed by atoms with Crippen molar-refractivity contribution in [3.63, 3.8) is 0 Å². The SMILES string of the molecule is CC(C)[C@H](NC(=O)c1ccco1)C(=O)Nc1ccc(N2CCCCC2)cc1. The normalized spacial score (nSPS) is 15.4. The first-order valence-electron chi connectivity index (χ1n) is 9.55. The summed E-state index contributed by atoms with van der Waals surface area (Å²) in [5, 5.41) is 5.65. The highest BCUT2D eigenvalue weighted by atomic mass is 16.3. The Kier molecular flexibility index (Phi) is 6.16. The quantitative estimate of drug-likeness (QED) is 0.815. The number of anilines is 2. The standard InChI is InChI=1S/C21H27N3O3/c1-15(2)19(23-20(25)18-7-6-14-27-18)21(26)22-16-8-10-17(11-9-16)24-12-4-3-5-13-24/h6-11,14-15,19H,3-5,12-13H2,1-2H3,(H,22,26)(H,23,25)/t19-/m0/s1. The van der Waals surface area contributed by atoms with Gasteiger partial charge in [-0.1, -0.05) is 13.8 Å². The van der Waals surface area contributed by atoms with E-state index in [1.165, 1.54) is 31.2 Å². The molecule has 6 heteroatoms. The van der Waals surface area contributed by atoms with Gasteiger partial charge in [0, 0.05) is 24.5 Å². The first-order valence-corrected chi connectivity index (χ1v) is 9.55. The molecule has 1 aliphatic rings. The van der Waals surface area contributed by atoms with Crippen LogP contribution in [0.15, 0.2) is 47.1 Å². The van der Waals surface area contributed by atoms with Gasteiger partial charge in [0.1, 0.15) is 6.04 Å². The number of carbonyl (C=O) groups is 2. The van der Waals surface area contributed by atoms with Gasteiger partial charge in [0.05, 0.1) is 6.26 Å². The number of rotatable bonds is 6. The number of nitrogens with one attached hydrogen (secondary N) is 2. The van der Waals surface area contributed by atoms with Gasteiger partial charge < -0.3 is 20.0 Å². The number of carbonyl (C=O) groups excluding carboxylic acids is 2. The van der Waals surface area contributed by atoms with Gasteiger partial charge in [0.2, 0.25) is 5.91 Å². The molecule has 3 rings (SSSR count). The second-order valence-corrected chi connectivity index (χ2v) is 7.26. The second kappa shape index (κ2) is 8.75. The molecule has 2 N–H and O–H groups in total. The van der Waals surface area contributed by atoms with Gasteiger partial charge >= 0.3 is 0 Å². The lowest BCUT2D eigenvalue weighted by Gasteiger charge is -2.29. The van der Waals surface area contributed by atoms with Crippen molar-refractivity contribution in [2.75, 3.05) is 23.3 Å². The second-order valence-electron chi connectivity index (χ2n) is 7.26. The Hall–Kier alpha value is -2.76. The molecule has 1 aromatic heterocycles. The molecule has 0 bridgehead atoms. The van der Waals surface area contributed by atoms with E-state index in [2.05, 4.69) is 15.5 Å². The molecule has 0 radical (unpaired) electrons. The van der Waals surface area contributed by atoms with Crippen molar-refractivity contribution in [3.8, 4) is 0 Å². The van der Waals surface area contributed by atoms with Gasteiger partial charge in [-0.3, -0.25) is 9.59 Å². The molecular formula is C21H27N3O3. The average Bonchev–Trinajstić information content (AvgIpc) is 3.22. The van der Waals surface area contributed by atoms with E-state index in [-0.39, 0.29) is 17.6 Å². The average molecular weight is 369 g/mol. The molecule has 2 amide bonds. The van der Waals surface area contributed by atoms with Crippen molar-refractivity contribution in [2.45, 2.75) is 39.2 Å². The highest BCUT2D eigenvalue weighted by Gasteiger charge is 2.25. The van der Waals surface area contributed by atoms with Crippen molar-refractivity contribution in [1.29, 1.82) is 0 Å². The van der Waals surface area contributed by atoms with Gasteiger partial charge in [0.15, 0.2) is 5.76 Å². The summed E-state index contributed by atoms with van der Waals surface area (Å²) >= 11 is 0. The Balaban J connectivity index is 1.62. The van der Waals surface area contributed by atoms with Crippen LogP contribution < -0.4 is 15.5 Å². The third-order valence-corrected chi connectivity index (χ3v) is 4.84. The zero-order valence-electron chi connectivity index (χ0n) is 15.9. The number of piperidine rings is 1. The van der Waals surface area contributed by atoms with Crippen LogP contribution in [0.25, 0.3) is 0 Å². The van der Waals surface area contributed by atoms with Gasteiger partial charge in [-0.2, -0.15) is 0 Å². The minimum Gasteiger partial charge on any atom is -0.459 e. The molecule has 1 aliphatic heterocycles. The molecule has 0 saturated carbocycles. The largest absolute Gasteiger partial charge is 0.459 e. The number of hydrogen-bond acceptors (Lipinski definition) is 4. The molecule has 1 fully saturated rings. The molecule has 1 atom stereocenters. The van der Waals surface area contributed by atoms with Crippen LogP contribution in [-0.2, 0) is 4.79 Å². The van der Waals surface area contributed by atoms with E-state index in [4.69, 9.17) is 4.42 Å². The van der Waals surface area contributed by atoms with Gasteiger partial charge in [-0.25, -0.2) is 0 Å². The lowest BCUT2D eigenvalue weighted by molar-refractivity contribution is -0.118. The molecule has 27 heavy (non-hydrogen) atoms. The molecular weight excluding hydrogens is 342 g/mol. The Morgan fingerprint density at radius 2 is 1.74 bits per heavy atom. The lowest BCUT2D eigenvalue weighted by atomic mass is 10.0. The number of furan rings is 1. The molecule has 1 saturated heterocycles. The van der Waals surface area contributed by atoms with Crippen molar-refractivity contribution in [3.05, 3.63) is 48.4 Å². The van der Waals surface area contributed by atoms with E-state index in [0.717, 1.165) is 18.8 Å². The van der Waals surface area contributed by atoms with E-state index in [0.29, 0.717) is 0 Å². The predicted octanol–water partition coefficient (Wildman–Crippen LogP) is 3.66. The maximum Gasteiger partial charge on any atom is 0.287 e. The predicted molar refractivity (Wildman–Crippen MR) is 106 cm³/mol. The van der Waals surface area contributed by atoms with Crippen LogP contribution in [0.3, 0.4) is 0 Å². The molecule has 2 heterocycles. The van der Waals surface area contributed by atoms with Gasteiger partial charge in [0.25, 0.3) is 5.91 Å². The summed E-state index contributed by atoms with van der Waals surface area (Å²) in [4.78, 5) is 27.3. The monoisotopic (exact) mass is 369 g/mol. The highest BCUT2D eigenvalue weighted by Crippen LogP contribution is 2.22. The topological polar surface area (TPSA) is 74.6 Å². The fraction of sp³-hybridized carbons (Fsp3) is 0.429. The summed E-state index contributed by atoms with van der Waals surface area (Å²) in [7, 11) is 0. The Bertz CT molecular complexity index is 747. The summed E-state index contributed by atoms with van der Waals surface area (Å²) in [6.45, 7) is 5.96. The van der Waals surface area contributed by atoms with Crippen LogP contribution >= 0.6 is 0 Å². The van der Waals surface area contributed by atoms with Crippen molar-refractivity contribution >= 4 is 23.2 Å². The van der Waals surface area contributed by atoms with E-state index in [9.17, 15) is 9.59 Å². The molecule has 6 nitrogen and oxygen atoms in total. The molecule has 0 aliphatic carbocycles. The fourth-order valence-electron chi connectivity index (χ4n) is 3.28. The van der Waals surface area contributed by atoms with Crippen molar-refractivity contribution < 1.29 is 14.0 Å². The fourth-order valence-corrected chi connectivity index (χ4v) is 3.28. The Morgan fingerprint density at radius 3 is 2.33 bits per heavy atom. The molecule has 0 unspecified atom stereocenters. The molecule has 0 spiro atoms. The maximum atomic E-state index is 12.7. The lowest BCUT2D eigenvalue weighted by Crippen LogP contribution is -2.47. The third-order valence-electron chi connectivity index (χ3n) is 4.84. The van der Waals surface area contributed by atoms with Crippen LogP contribution in [-0.4, -0.2) is 30.9 Å². The van der Waals surface area contributed by atoms with E-state index in [1.807, 2.05) is 38.1 Å². The summed E-state index contributed by atoms with van der Waals surface area (Å²) in [5.41, 5.74) is 1.90.